The minimum atomic E-state index is -0.323. The molecule has 136 valence electrons. The molecule has 0 amide bonds. The zero-order valence-electron chi connectivity index (χ0n) is 15.1. The van der Waals surface area contributed by atoms with Gasteiger partial charge in [-0.25, -0.2) is 0 Å². The molecule has 1 N–H and O–H groups in total. The van der Waals surface area contributed by atoms with E-state index in [0.717, 1.165) is 23.4 Å². The van der Waals surface area contributed by atoms with Crippen LogP contribution in [0.3, 0.4) is 0 Å². The first-order valence-electron chi connectivity index (χ1n) is 9.83. The Hall–Kier alpha value is -2.17. The van der Waals surface area contributed by atoms with Gasteiger partial charge in [0.2, 0.25) is 0 Å². The second-order valence-electron chi connectivity index (χ2n) is 8.93. The largest absolute Gasteiger partial charge is 0.380 e. The SMILES string of the molecule is C[C@H](Nc1ccc([N+](=O)[O-])c2cccnc12)C12CC3CC(CC(C3)C1)C2. The number of rotatable bonds is 4. The van der Waals surface area contributed by atoms with Crippen LogP contribution in [0.1, 0.15) is 45.4 Å². The van der Waals surface area contributed by atoms with Gasteiger partial charge in [0.1, 0.15) is 5.52 Å². The summed E-state index contributed by atoms with van der Waals surface area (Å²) in [5, 5.41) is 15.7. The molecule has 4 aliphatic rings. The Morgan fingerprint density at radius 3 is 2.42 bits per heavy atom. The fourth-order valence-electron chi connectivity index (χ4n) is 6.53. The van der Waals surface area contributed by atoms with Gasteiger partial charge in [-0.15, -0.1) is 0 Å². The summed E-state index contributed by atoms with van der Waals surface area (Å²) in [5.74, 6) is 2.74. The van der Waals surface area contributed by atoms with Gasteiger partial charge in [0.05, 0.1) is 16.0 Å². The predicted molar refractivity (Wildman–Crippen MR) is 102 cm³/mol. The second-order valence-corrected chi connectivity index (χ2v) is 8.93. The van der Waals surface area contributed by atoms with Crippen LogP contribution in [-0.2, 0) is 0 Å². The molecule has 0 saturated heterocycles. The Labute approximate surface area is 153 Å². The zero-order chi connectivity index (χ0) is 17.9. The molecular weight excluding hydrogens is 326 g/mol. The molecule has 0 spiro atoms. The molecule has 4 saturated carbocycles. The van der Waals surface area contributed by atoms with Crippen molar-refractivity contribution in [3.8, 4) is 0 Å². The van der Waals surface area contributed by atoms with Crippen molar-refractivity contribution in [1.29, 1.82) is 0 Å². The van der Waals surface area contributed by atoms with Crippen molar-refractivity contribution in [2.75, 3.05) is 5.32 Å². The Morgan fingerprint density at radius 1 is 1.15 bits per heavy atom. The number of nitrogens with one attached hydrogen (secondary N) is 1. The third-order valence-electron chi connectivity index (χ3n) is 7.32. The number of nitrogens with zero attached hydrogens (tertiary/aromatic N) is 2. The summed E-state index contributed by atoms with van der Waals surface area (Å²) in [6, 6.07) is 7.37. The van der Waals surface area contributed by atoms with E-state index in [1.807, 2.05) is 6.07 Å². The number of pyridine rings is 1. The van der Waals surface area contributed by atoms with Crippen molar-refractivity contribution in [1.82, 2.24) is 4.98 Å². The molecule has 0 radical (unpaired) electrons. The van der Waals surface area contributed by atoms with E-state index in [4.69, 9.17) is 0 Å². The first-order valence-corrected chi connectivity index (χ1v) is 9.83. The normalized spacial score (nSPS) is 33.3. The Bertz CT molecular complexity index is 843. The topological polar surface area (TPSA) is 68.1 Å². The quantitative estimate of drug-likeness (QED) is 0.610. The Morgan fingerprint density at radius 2 is 1.81 bits per heavy atom. The number of anilines is 1. The average Bonchev–Trinajstić information content (AvgIpc) is 2.60. The van der Waals surface area contributed by atoms with Crippen molar-refractivity contribution < 1.29 is 4.92 Å². The Balaban J connectivity index is 1.48. The molecule has 4 aliphatic carbocycles. The van der Waals surface area contributed by atoms with Gasteiger partial charge in [-0.2, -0.15) is 0 Å². The summed E-state index contributed by atoms with van der Waals surface area (Å²) in [7, 11) is 0. The minimum Gasteiger partial charge on any atom is -0.380 e. The van der Waals surface area contributed by atoms with E-state index < -0.39 is 0 Å². The fourth-order valence-corrected chi connectivity index (χ4v) is 6.53. The average molecular weight is 351 g/mol. The lowest BCUT2D eigenvalue weighted by molar-refractivity contribution is -0.383. The maximum absolute atomic E-state index is 11.3. The van der Waals surface area contributed by atoms with E-state index in [-0.39, 0.29) is 10.6 Å². The number of non-ortho nitro benzene ring substituents is 1. The van der Waals surface area contributed by atoms with E-state index in [2.05, 4.69) is 17.2 Å². The van der Waals surface area contributed by atoms with Crippen LogP contribution in [0.5, 0.6) is 0 Å². The van der Waals surface area contributed by atoms with E-state index in [9.17, 15) is 10.1 Å². The molecular formula is C21H25N3O2. The molecule has 26 heavy (non-hydrogen) atoms. The number of nitro benzene ring substituents is 1. The van der Waals surface area contributed by atoms with Crippen molar-refractivity contribution in [3.63, 3.8) is 0 Å². The van der Waals surface area contributed by atoms with Crippen LogP contribution < -0.4 is 5.32 Å². The van der Waals surface area contributed by atoms with E-state index in [1.165, 1.54) is 38.5 Å². The van der Waals surface area contributed by atoms with Crippen LogP contribution in [0.2, 0.25) is 0 Å². The Kier molecular flexibility index (Phi) is 3.49. The highest BCUT2D eigenvalue weighted by atomic mass is 16.6. The molecule has 5 nitrogen and oxygen atoms in total. The van der Waals surface area contributed by atoms with Crippen LogP contribution in [0.4, 0.5) is 11.4 Å². The summed E-state index contributed by atoms with van der Waals surface area (Å²) < 4.78 is 0. The van der Waals surface area contributed by atoms with Gasteiger partial charge in [-0.3, -0.25) is 15.1 Å². The summed E-state index contributed by atoms with van der Waals surface area (Å²) >= 11 is 0. The molecule has 4 bridgehead atoms. The molecule has 6 rings (SSSR count). The van der Waals surface area contributed by atoms with Gasteiger partial charge < -0.3 is 5.32 Å². The number of hydrogen-bond acceptors (Lipinski definition) is 4. The molecule has 0 unspecified atom stereocenters. The van der Waals surface area contributed by atoms with Crippen molar-refractivity contribution >= 4 is 22.3 Å². The molecule has 1 aromatic carbocycles. The molecule has 5 heteroatoms. The van der Waals surface area contributed by atoms with Gasteiger partial charge in [-0.05, 0) is 86.8 Å². The third-order valence-corrected chi connectivity index (χ3v) is 7.32. The highest BCUT2D eigenvalue weighted by molar-refractivity contribution is 5.96. The van der Waals surface area contributed by atoms with Gasteiger partial charge in [-0.1, -0.05) is 0 Å². The summed E-state index contributed by atoms with van der Waals surface area (Å²) in [4.78, 5) is 15.5. The van der Waals surface area contributed by atoms with Gasteiger partial charge in [0.25, 0.3) is 5.69 Å². The van der Waals surface area contributed by atoms with Gasteiger partial charge in [0.15, 0.2) is 0 Å². The summed E-state index contributed by atoms with van der Waals surface area (Å²) in [5.41, 5.74) is 2.14. The molecule has 2 aromatic rings. The van der Waals surface area contributed by atoms with Crippen LogP contribution in [0.25, 0.3) is 10.9 Å². The lowest BCUT2D eigenvalue weighted by Crippen LogP contribution is -2.52. The molecule has 1 atom stereocenters. The smallest absolute Gasteiger partial charge is 0.278 e. The first kappa shape index (κ1) is 16.0. The van der Waals surface area contributed by atoms with E-state index in [0.29, 0.717) is 22.4 Å². The predicted octanol–water partition coefficient (Wildman–Crippen LogP) is 5.16. The molecule has 1 heterocycles. The van der Waals surface area contributed by atoms with E-state index >= 15 is 0 Å². The van der Waals surface area contributed by atoms with Crippen LogP contribution >= 0.6 is 0 Å². The maximum atomic E-state index is 11.3. The lowest BCUT2D eigenvalue weighted by Gasteiger charge is -2.59. The van der Waals surface area contributed by atoms with E-state index in [1.54, 1.807) is 24.4 Å². The standard InChI is InChI=1S/C21H25N3O2/c1-13(21-10-14-7-15(11-21)9-16(8-14)12-21)23-18-4-5-19(24(25)26)17-3-2-6-22-20(17)18/h2-6,13-16,23H,7-12H2,1H3/t13-,14?,15?,16?,21?/m0/s1. The fraction of sp³-hybridized carbons (Fsp3) is 0.571. The van der Waals surface area contributed by atoms with Gasteiger partial charge in [0, 0.05) is 18.3 Å². The number of nitro groups is 1. The minimum absolute atomic E-state index is 0.126. The zero-order valence-corrected chi connectivity index (χ0v) is 15.1. The number of benzene rings is 1. The van der Waals surface area contributed by atoms with Crippen molar-refractivity contribution in [2.45, 2.75) is 51.5 Å². The molecule has 0 aliphatic heterocycles. The summed E-state index contributed by atoms with van der Waals surface area (Å²) in [6.45, 7) is 2.31. The second kappa shape index (κ2) is 5.66. The number of aromatic nitrogens is 1. The maximum Gasteiger partial charge on any atom is 0.278 e. The van der Waals surface area contributed by atoms with Gasteiger partial charge >= 0.3 is 0 Å². The van der Waals surface area contributed by atoms with Crippen LogP contribution in [-0.4, -0.2) is 15.9 Å². The third kappa shape index (κ3) is 2.40. The monoisotopic (exact) mass is 351 g/mol. The molecule has 1 aromatic heterocycles. The number of hydrogen-bond donors (Lipinski definition) is 1. The van der Waals surface area contributed by atoms with Crippen LogP contribution in [0.15, 0.2) is 30.5 Å². The lowest BCUT2D eigenvalue weighted by atomic mass is 9.48. The highest BCUT2D eigenvalue weighted by Gasteiger charge is 2.53. The van der Waals surface area contributed by atoms with Crippen molar-refractivity contribution in [3.05, 3.63) is 40.6 Å². The summed E-state index contributed by atoms with van der Waals surface area (Å²) in [6.07, 6.45) is 10.0. The highest BCUT2D eigenvalue weighted by Crippen LogP contribution is 2.61. The first-order chi connectivity index (χ1) is 12.5. The van der Waals surface area contributed by atoms with Crippen molar-refractivity contribution in [2.24, 2.45) is 23.2 Å². The number of fused-ring (bicyclic) bond motifs is 1. The van der Waals surface area contributed by atoms with Crippen LogP contribution in [0, 0.1) is 33.3 Å². The molecule has 4 fully saturated rings.